The van der Waals surface area contributed by atoms with Gasteiger partial charge in [-0.3, -0.25) is 10.1 Å². The summed E-state index contributed by atoms with van der Waals surface area (Å²) in [6, 6.07) is 0.0731. The monoisotopic (exact) mass is 240 g/mol. The average molecular weight is 240 g/mol. The highest BCUT2D eigenvalue weighted by atomic mass is 16.2. The lowest BCUT2D eigenvalue weighted by atomic mass is 10.1. The van der Waals surface area contributed by atoms with Crippen LogP contribution in [0.25, 0.3) is 0 Å². The summed E-state index contributed by atoms with van der Waals surface area (Å²) in [6.45, 7) is 9.64. The van der Waals surface area contributed by atoms with E-state index in [2.05, 4.69) is 37.9 Å². The van der Waals surface area contributed by atoms with Gasteiger partial charge in [0.1, 0.15) is 0 Å². The van der Waals surface area contributed by atoms with Crippen LogP contribution in [0.1, 0.15) is 59.8 Å². The Morgan fingerprint density at radius 2 is 2.06 bits per heavy atom. The van der Waals surface area contributed by atoms with Crippen molar-refractivity contribution < 1.29 is 4.79 Å². The maximum Gasteiger partial charge on any atom is 0.241 e. The number of amides is 1. The van der Waals surface area contributed by atoms with Gasteiger partial charge in [0, 0.05) is 6.54 Å². The molecule has 0 radical (unpaired) electrons. The molecule has 1 rings (SSSR count). The van der Waals surface area contributed by atoms with Gasteiger partial charge in [-0.05, 0) is 18.8 Å². The molecule has 0 bridgehead atoms. The Bertz CT molecular complexity index is 242. The van der Waals surface area contributed by atoms with Crippen LogP contribution in [0.15, 0.2) is 0 Å². The number of unbranched alkanes of at least 4 members (excludes halogenated alkanes) is 1. The van der Waals surface area contributed by atoms with Gasteiger partial charge in [0.05, 0.1) is 12.2 Å². The zero-order valence-corrected chi connectivity index (χ0v) is 11.8. The van der Waals surface area contributed by atoms with E-state index in [0.717, 1.165) is 38.6 Å². The minimum atomic E-state index is 0.0731. The Hall–Kier alpha value is -0.570. The fourth-order valence-electron chi connectivity index (χ4n) is 2.38. The Labute approximate surface area is 106 Å². The van der Waals surface area contributed by atoms with Crippen molar-refractivity contribution in [1.29, 1.82) is 0 Å². The maximum absolute atomic E-state index is 12.3. The molecule has 3 atom stereocenters. The predicted octanol–water partition coefficient (Wildman–Crippen LogP) is 2.76. The smallest absolute Gasteiger partial charge is 0.241 e. The normalized spacial score (nSPS) is 26.6. The number of carbonyl (C=O) groups is 1. The SMILES string of the molecule is CCCCC1NC(CC)N(CC(C)CC)C1=O. The first-order chi connectivity index (χ1) is 8.13. The molecule has 100 valence electrons. The molecule has 1 heterocycles. The predicted molar refractivity (Wildman–Crippen MR) is 71.7 cm³/mol. The van der Waals surface area contributed by atoms with Gasteiger partial charge in [-0.15, -0.1) is 0 Å². The van der Waals surface area contributed by atoms with Gasteiger partial charge in [-0.25, -0.2) is 0 Å². The second kappa shape index (κ2) is 7.00. The van der Waals surface area contributed by atoms with Crippen molar-refractivity contribution in [2.45, 2.75) is 72.0 Å². The highest BCUT2D eigenvalue weighted by Gasteiger charge is 2.37. The van der Waals surface area contributed by atoms with Crippen molar-refractivity contribution in [3.05, 3.63) is 0 Å². The molecule has 0 saturated carbocycles. The zero-order chi connectivity index (χ0) is 12.8. The molecule has 0 aromatic carbocycles. The van der Waals surface area contributed by atoms with Crippen LogP contribution in [-0.4, -0.2) is 29.6 Å². The van der Waals surface area contributed by atoms with Gasteiger partial charge >= 0.3 is 0 Å². The van der Waals surface area contributed by atoms with Crippen molar-refractivity contribution >= 4 is 5.91 Å². The maximum atomic E-state index is 12.3. The quantitative estimate of drug-likeness (QED) is 0.742. The first-order valence-corrected chi connectivity index (χ1v) is 7.20. The lowest BCUT2D eigenvalue weighted by Crippen LogP contribution is -2.39. The molecule has 1 fully saturated rings. The lowest BCUT2D eigenvalue weighted by molar-refractivity contribution is -0.130. The largest absolute Gasteiger partial charge is 0.326 e. The van der Waals surface area contributed by atoms with E-state index in [0.29, 0.717) is 11.8 Å². The number of nitrogens with zero attached hydrogens (tertiary/aromatic N) is 1. The lowest BCUT2D eigenvalue weighted by Gasteiger charge is -2.25. The van der Waals surface area contributed by atoms with Crippen molar-refractivity contribution in [1.82, 2.24) is 10.2 Å². The first-order valence-electron chi connectivity index (χ1n) is 7.20. The van der Waals surface area contributed by atoms with Gasteiger partial charge in [0.25, 0.3) is 0 Å². The van der Waals surface area contributed by atoms with Crippen LogP contribution >= 0.6 is 0 Å². The Morgan fingerprint density at radius 1 is 1.35 bits per heavy atom. The number of carbonyl (C=O) groups excluding carboxylic acids is 1. The molecule has 0 aromatic rings. The van der Waals surface area contributed by atoms with Gasteiger partial charge in [-0.1, -0.05) is 47.0 Å². The highest BCUT2D eigenvalue weighted by molar-refractivity contribution is 5.84. The summed E-state index contributed by atoms with van der Waals surface area (Å²) in [7, 11) is 0. The van der Waals surface area contributed by atoms with Crippen LogP contribution in [0.5, 0.6) is 0 Å². The molecule has 0 spiro atoms. The minimum Gasteiger partial charge on any atom is -0.326 e. The van der Waals surface area contributed by atoms with Crippen LogP contribution in [0.2, 0.25) is 0 Å². The zero-order valence-electron chi connectivity index (χ0n) is 11.8. The van der Waals surface area contributed by atoms with E-state index in [1.165, 1.54) is 0 Å². The first kappa shape index (κ1) is 14.5. The summed E-state index contributed by atoms with van der Waals surface area (Å²) in [4.78, 5) is 14.4. The minimum absolute atomic E-state index is 0.0731. The molecule has 3 nitrogen and oxygen atoms in total. The fourth-order valence-corrected chi connectivity index (χ4v) is 2.38. The van der Waals surface area contributed by atoms with Crippen molar-refractivity contribution in [2.75, 3.05) is 6.54 Å². The van der Waals surface area contributed by atoms with Crippen LogP contribution in [-0.2, 0) is 4.79 Å². The molecule has 1 aliphatic rings. The summed E-state index contributed by atoms with van der Waals surface area (Å²) >= 11 is 0. The number of nitrogens with one attached hydrogen (secondary N) is 1. The third kappa shape index (κ3) is 3.70. The molecule has 1 amide bonds. The Balaban J connectivity index is 2.58. The second-order valence-corrected chi connectivity index (χ2v) is 5.29. The Kier molecular flexibility index (Phi) is 5.96. The van der Waals surface area contributed by atoms with E-state index in [-0.39, 0.29) is 12.2 Å². The number of hydrogen-bond donors (Lipinski definition) is 1. The summed E-state index contributed by atoms with van der Waals surface area (Å²) in [5, 5.41) is 3.48. The van der Waals surface area contributed by atoms with E-state index >= 15 is 0 Å². The van der Waals surface area contributed by atoms with E-state index in [1.54, 1.807) is 0 Å². The molecule has 1 N–H and O–H groups in total. The molecular formula is C14H28N2O. The van der Waals surface area contributed by atoms with Crippen LogP contribution in [0.3, 0.4) is 0 Å². The molecule has 3 unspecified atom stereocenters. The molecule has 1 saturated heterocycles. The number of rotatable bonds is 7. The fraction of sp³-hybridized carbons (Fsp3) is 0.929. The van der Waals surface area contributed by atoms with E-state index in [4.69, 9.17) is 0 Å². The van der Waals surface area contributed by atoms with Crippen molar-refractivity contribution in [2.24, 2.45) is 5.92 Å². The van der Waals surface area contributed by atoms with Crippen LogP contribution < -0.4 is 5.32 Å². The molecular weight excluding hydrogens is 212 g/mol. The van der Waals surface area contributed by atoms with Gasteiger partial charge < -0.3 is 4.90 Å². The molecule has 3 heteroatoms. The summed E-state index contributed by atoms with van der Waals surface area (Å²) < 4.78 is 0. The van der Waals surface area contributed by atoms with Gasteiger partial charge in [0.15, 0.2) is 0 Å². The summed E-state index contributed by atoms with van der Waals surface area (Å²) in [6.07, 6.45) is 5.69. The van der Waals surface area contributed by atoms with E-state index < -0.39 is 0 Å². The summed E-state index contributed by atoms with van der Waals surface area (Å²) in [5.74, 6) is 0.922. The third-order valence-corrected chi connectivity index (χ3v) is 3.79. The van der Waals surface area contributed by atoms with Crippen LogP contribution in [0, 0.1) is 5.92 Å². The van der Waals surface area contributed by atoms with E-state index in [9.17, 15) is 4.79 Å². The summed E-state index contributed by atoms with van der Waals surface area (Å²) in [5.41, 5.74) is 0. The molecule has 1 aliphatic heterocycles. The van der Waals surface area contributed by atoms with Crippen LogP contribution in [0.4, 0.5) is 0 Å². The highest BCUT2D eigenvalue weighted by Crippen LogP contribution is 2.19. The topological polar surface area (TPSA) is 32.3 Å². The third-order valence-electron chi connectivity index (χ3n) is 3.79. The molecule has 0 aliphatic carbocycles. The van der Waals surface area contributed by atoms with Crippen molar-refractivity contribution in [3.63, 3.8) is 0 Å². The molecule has 0 aromatic heterocycles. The van der Waals surface area contributed by atoms with Gasteiger partial charge in [-0.2, -0.15) is 0 Å². The van der Waals surface area contributed by atoms with Crippen molar-refractivity contribution in [3.8, 4) is 0 Å². The average Bonchev–Trinajstić information content (AvgIpc) is 2.64. The second-order valence-electron chi connectivity index (χ2n) is 5.29. The standard InChI is InChI=1S/C14H28N2O/c1-5-8-9-12-14(17)16(10-11(4)6-2)13(7-3)15-12/h11-13,15H,5-10H2,1-4H3. The number of hydrogen-bond acceptors (Lipinski definition) is 2. The van der Waals surface area contributed by atoms with Gasteiger partial charge in [0.2, 0.25) is 5.91 Å². The Morgan fingerprint density at radius 3 is 2.59 bits per heavy atom. The molecule has 17 heavy (non-hydrogen) atoms. The van der Waals surface area contributed by atoms with E-state index in [1.807, 2.05) is 0 Å².